The molecule has 2 aliphatic carbocycles. The minimum atomic E-state index is -2.45. The third kappa shape index (κ3) is 6.73. The summed E-state index contributed by atoms with van der Waals surface area (Å²) in [5, 5.41) is 4.11. The summed E-state index contributed by atoms with van der Waals surface area (Å²) in [6.45, 7) is 2.39. The second kappa shape index (κ2) is 13.0. The Morgan fingerprint density at radius 3 is 2.50 bits per heavy atom. The number of nitrogens with zero attached hydrogens (tertiary/aromatic N) is 3. The Bertz CT molecular complexity index is 1280. The van der Waals surface area contributed by atoms with Crippen LogP contribution in [0.15, 0.2) is 54.9 Å². The molecule has 1 amide bonds. The number of hydrogen-bond donors (Lipinski definition) is 0. The van der Waals surface area contributed by atoms with Crippen LogP contribution in [0.5, 0.6) is 5.75 Å². The van der Waals surface area contributed by atoms with Crippen LogP contribution in [0, 0.1) is 18.8 Å². The molecule has 1 heterocycles. The summed E-state index contributed by atoms with van der Waals surface area (Å²) < 4.78 is 32.4. The predicted octanol–water partition coefficient (Wildman–Crippen LogP) is 8.02. The van der Waals surface area contributed by atoms with Crippen molar-refractivity contribution < 1.29 is 18.3 Å². The van der Waals surface area contributed by atoms with Crippen LogP contribution < -0.4 is 9.64 Å². The Morgan fingerprint density at radius 2 is 1.80 bits per heavy atom. The first-order valence-electron chi connectivity index (χ1n) is 14.8. The fourth-order valence-corrected chi connectivity index (χ4v) is 6.59. The molecular formula is C33H41F2N3O2. The van der Waals surface area contributed by atoms with Gasteiger partial charge in [-0.1, -0.05) is 43.5 Å². The molecule has 0 spiro atoms. The van der Waals surface area contributed by atoms with Gasteiger partial charge in [0.1, 0.15) is 12.3 Å². The zero-order valence-corrected chi connectivity index (χ0v) is 23.7. The maximum atomic E-state index is 13.9. The number of ether oxygens (including phenoxy) is 1. The van der Waals surface area contributed by atoms with Gasteiger partial charge in [-0.2, -0.15) is 5.10 Å². The van der Waals surface area contributed by atoms with Crippen molar-refractivity contribution in [1.82, 2.24) is 9.78 Å². The van der Waals surface area contributed by atoms with Crippen molar-refractivity contribution in [2.45, 2.75) is 83.6 Å². The second-order valence-corrected chi connectivity index (χ2v) is 11.6. The van der Waals surface area contributed by atoms with Gasteiger partial charge in [0, 0.05) is 29.9 Å². The van der Waals surface area contributed by atoms with Crippen molar-refractivity contribution >= 4 is 11.6 Å². The smallest absolute Gasteiger partial charge is 0.257 e. The molecule has 0 N–H and O–H groups in total. The summed E-state index contributed by atoms with van der Waals surface area (Å²) in [7, 11) is 1.71. The number of carbonyl (C=O) groups excluding carboxylic acids is 1. The number of anilines is 1. The number of hydrogen-bond acceptors (Lipinski definition) is 3. The highest BCUT2D eigenvalue weighted by Crippen LogP contribution is 2.39. The number of aromatic nitrogens is 2. The average Bonchev–Trinajstić information content (AvgIpc) is 3.44. The number of alkyl halides is 2. The lowest BCUT2D eigenvalue weighted by Gasteiger charge is -2.35. The lowest BCUT2D eigenvalue weighted by atomic mass is 9.78. The molecule has 214 valence electrons. The van der Waals surface area contributed by atoms with Gasteiger partial charge in [-0.05, 0) is 92.2 Å². The van der Waals surface area contributed by atoms with E-state index in [1.165, 1.54) is 22.2 Å². The molecule has 5 rings (SSSR count). The van der Waals surface area contributed by atoms with Gasteiger partial charge in [0.2, 0.25) is 5.91 Å². The Hall–Kier alpha value is -3.22. The lowest BCUT2D eigenvalue weighted by molar-refractivity contribution is -0.123. The maximum absolute atomic E-state index is 13.9. The van der Waals surface area contributed by atoms with Crippen molar-refractivity contribution in [3.8, 4) is 16.9 Å². The summed E-state index contributed by atoms with van der Waals surface area (Å²) in [5.41, 5.74) is 5.11. The summed E-state index contributed by atoms with van der Waals surface area (Å²) in [6, 6.07) is 14.5. The van der Waals surface area contributed by atoms with Crippen LogP contribution >= 0.6 is 0 Å². The van der Waals surface area contributed by atoms with E-state index in [1.807, 2.05) is 29.2 Å². The zero-order valence-electron chi connectivity index (χ0n) is 23.7. The number of rotatable bonds is 9. The minimum absolute atomic E-state index is 0.0739. The van der Waals surface area contributed by atoms with Gasteiger partial charge in [0.25, 0.3) is 6.43 Å². The Kier molecular flexibility index (Phi) is 9.18. The number of amides is 1. The largest absolute Gasteiger partial charge is 0.496 e. The van der Waals surface area contributed by atoms with Gasteiger partial charge in [0.15, 0.2) is 0 Å². The van der Waals surface area contributed by atoms with Crippen molar-refractivity contribution in [3.05, 3.63) is 66.0 Å². The van der Waals surface area contributed by atoms with Crippen LogP contribution in [-0.2, 0) is 11.3 Å². The van der Waals surface area contributed by atoms with Gasteiger partial charge in [-0.15, -0.1) is 0 Å². The van der Waals surface area contributed by atoms with Crippen molar-refractivity contribution in [2.75, 3.05) is 18.6 Å². The summed E-state index contributed by atoms with van der Waals surface area (Å²) in [5.74, 6) is 2.22. The molecule has 0 radical (unpaired) electrons. The van der Waals surface area contributed by atoms with E-state index in [-0.39, 0.29) is 11.8 Å². The van der Waals surface area contributed by atoms with Gasteiger partial charge in [0.05, 0.1) is 13.3 Å². The third-order valence-corrected chi connectivity index (χ3v) is 8.85. The zero-order chi connectivity index (χ0) is 28.1. The van der Waals surface area contributed by atoms with E-state index in [9.17, 15) is 13.6 Å². The van der Waals surface area contributed by atoms with Crippen LogP contribution in [0.4, 0.5) is 14.5 Å². The highest BCUT2D eigenvalue weighted by Gasteiger charge is 2.31. The maximum Gasteiger partial charge on any atom is 0.257 e. The molecule has 0 aliphatic heterocycles. The van der Waals surface area contributed by atoms with E-state index >= 15 is 0 Å². The lowest BCUT2D eigenvalue weighted by Crippen LogP contribution is -2.41. The molecule has 2 saturated carbocycles. The van der Waals surface area contributed by atoms with Crippen molar-refractivity contribution in [2.24, 2.45) is 11.8 Å². The molecular weight excluding hydrogens is 508 g/mol. The number of aryl methyl sites for hydroxylation is 1. The molecule has 40 heavy (non-hydrogen) atoms. The monoisotopic (exact) mass is 549 g/mol. The Morgan fingerprint density at radius 1 is 1.02 bits per heavy atom. The van der Waals surface area contributed by atoms with Crippen LogP contribution in [0.2, 0.25) is 0 Å². The van der Waals surface area contributed by atoms with E-state index in [0.717, 1.165) is 80.5 Å². The van der Waals surface area contributed by atoms with E-state index in [2.05, 4.69) is 30.2 Å². The molecule has 0 saturated heterocycles. The Balaban J connectivity index is 1.32. The van der Waals surface area contributed by atoms with E-state index < -0.39 is 13.0 Å². The summed E-state index contributed by atoms with van der Waals surface area (Å²) in [4.78, 5) is 16.0. The second-order valence-electron chi connectivity index (χ2n) is 11.6. The number of carbonyl (C=O) groups is 1. The molecule has 0 atom stereocenters. The van der Waals surface area contributed by atoms with E-state index in [1.54, 1.807) is 19.5 Å². The fraction of sp³-hybridized carbons (Fsp3) is 0.515. The quantitative estimate of drug-likeness (QED) is 0.272. The van der Waals surface area contributed by atoms with E-state index in [4.69, 9.17) is 4.74 Å². The van der Waals surface area contributed by atoms with Gasteiger partial charge >= 0.3 is 0 Å². The van der Waals surface area contributed by atoms with Crippen LogP contribution in [0.25, 0.3) is 11.1 Å². The molecule has 7 heteroatoms. The summed E-state index contributed by atoms with van der Waals surface area (Å²) in [6.07, 6.45) is 10.6. The molecule has 1 aromatic heterocycles. The van der Waals surface area contributed by atoms with Gasteiger partial charge < -0.3 is 9.64 Å². The summed E-state index contributed by atoms with van der Waals surface area (Å²) >= 11 is 0. The molecule has 0 bridgehead atoms. The molecule has 2 fully saturated rings. The molecule has 5 nitrogen and oxygen atoms in total. The first kappa shape index (κ1) is 28.3. The highest BCUT2D eigenvalue weighted by molar-refractivity contribution is 5.95. The SMILES string of the molecule is COc1ccc(C2CCC(CN(C(=O)C3CCCCC3)c3cccc(-c4cnn(CC(F)F)c4)c3)CC2)cc1C. The first-order valence-corrected chi connectivity index (χ1v) is 14.8. The molecule has 0 unspecified atom stereocenters. The molecule has 3 aromatic rings. The van der Waals surface area contributed by atoms with Crippen LogP contribution in [0.1, 0.15) is 74.8 Å². The van der Waals surface area contributed by atoms with Gasteiger partial charge in [-0.25, -0.2) is 8.78 Å². The highest BCUT2D eigenvalue weighted by atomic mass is 19.3. The van der Waals surface area contributed by atoms with Crippen molar-refractivity contribution in [3.63, 3.8) is 0 Å². The normalized spacial score (nSPS) is 20.0. The average molecular weight is 550 g/mol. The topological polar surface area (TPSA) is 47.4 Å². The van der Waals surface area contributed by atoms with E-state index in [0.29, 0.717) is 11.8 Å². The first-order chi connectivity index (χ1) is 19.4. The third-order valence-electron chi connectivity index (χ3n) is 8.85. The van der Waals surface area contributed by atoms with Crippen LogP contribution in [0.3, 0.4) is 0 Å². The standard InChI is InChI=1S/C33H41F2N3O2/c1-23-17-28(15-16-31(23)40-2)25-13-11-24(12-14-25)20-38(33(39)26-7-4-3-5-8-26)30-10-6-9-27(18-30)29-19-36-37(21-29)22-32(34)35/h6,9-10,15-19,21,24-26,32H,3-5,7-8,11-14,20,22H2,1-2H3. The van der Waals surface area contributed by atoms with Crippen LogP contribution in [-0.4, -0.2) is 35.8 Å². The minimum Gasteiger partial charge on any atom is -0.496 e. The molecule has 2 aliphatic rings. The number of halogens is 2. The number of methoxy groups -OCH3 is 1. The Labute approximate surface area is 236 Å². The number of benzene rings is 2. The van der Waals surface area contributed by atoms with Gasteiger partial charge in [-0.3, -0.25) is 9.48 Å². The molecule has 2 aromatic carbocycles. The van der Waals surface area contributed by atoms with Crippen molar-refractivity contribution in [1.29, 1.82) is 0 Å². The predicted molar refractivity (Wildman–Crippen MR) is 155 cm³/mol. The fourth-order valence-electron chi connectivity index (χ4n) is 6.59.